The summed E-state index contributed by atoms with van der Waals surface area (Å²) in [5.74, 6) is 0.555. The molecule has 0 fully saturated rings. The van der Waals surface area contributed by atoms with Crippen molar-refractivity contribution in [3.8, 4) is 0 Å². The first-order valence-electron chi connectivity index (χ1n) is 5.40. The van der Waals surface area contributed by atoms with Gasteiger partial charge in [0.05, 0.1) is 24.7 Å². The first-order valence-corrected chi connectivity index (χ1v) is 5.94. The Balaban J connectivity index is 2.98. The number of halogens is 1. The Bertz CT molecular complexity index is 310. The number of hydrogen-bond donors (Lipinski definition) is 0. The van der Waals surface area contributed by atoms with Crippen LogP contribution in [0.3, 0.4) is 0 Å². The van der Waals surface area contributed by atoms with E-state index in [2.05, 4.69) is 18.9 Å². The lowest BCUT2D eigenvalue weighted by Crippen LogP contribution is -2.09. The molecule has 0 N–H and O–H groups in total. The molecule has 0 aliphatic carbocycles. The fourth-order valence-corrected chi connectivity index (χ4v) is 2.09. The normalized spacial score (nSPS) is 10.9. The topological polar surface area (TPSA) is 27.1 Å². The molecule has 3 nitrogen and oxygen atoms in total. The van der Waals surface area contributed by atoms with Gasteiger partial charge >= 0.3 is 0 Å². The van der Waals surface area contributed by atoms with Crippen molar-refractivity contribution in [1.29, 1.82) is 0 Å². The molecule has 4 heteroatoms. The zero-order valence-electron chi connectivity index (χ0n) is 9.72. The number of aromatic nitrogens is 2. The van der Waals surface area contributed by atoms with Crippen molar-refractivity contribution < 1.29 is 4.74 Å². The van der Waals surface area contributed by atoms with Gasteiger partial charge in [0.25, 0.3) is 0 Å². The number of nitrogens with zero attached hydrogens (tertiary/aromatic N) is 2. The summed E-state index contributed by atoms with van der Waals surface area (Å²) in [5.41, 5.74) is 3.58. The highest BCUT2D eigenvalue weighted by Gasteiger charge is 2.13. The number of aryl methyl sites for hydroxylation is 1. The van der Waals surface area contributed by atoms with E-state index in [1.54, 1.807) is 7.11 Å². The molecule has 1 rings (SSSR count). The second-order valence-electron chi connectivity index (χ2n) is 3.43. The van der Waals surface area contributed by atoms with E-state index in [1.165, 1.54) is 11.3 Å². The molecule has 0 saturated carbocycles. The van der Waals surface area contributed by atoms with Crippen molar-refractivity contribution >= 4 is 11.6 Å². The Morgan fingerprint density at radius 1 is 1.33 bits per heavy atom. The summed E-state index contributed by atoms with van der Waals surface area (Å²) >= 11 is 5.96. The summed E-state index contributed by atoms with van der Waals surface area (Å²) in [7, 11) is 1.71. The molecule has 86 valence electrons. The average molecular weight is 231 g/mol. The number of rotatable bonds is 6. The van der Waals surface area contributed by atoms with E-state index >= 15 is 0 Å². The summed E-state index contributed by atoms with van der Waals surface area (Å²) in [6.07, 6.45) is 1.91. The number of ether oxygens (including phenoxy) is 1. The number of hydrogen-bond acceptors (Lipinski definition) is 2. The van der Waals surface area contributed by atoms with Crippen molar-refractivity contribution in [1.82, 2.24) is 9.78 Å². The molecule has 0 saturated heterocycles. The van der Waals surface area contributed by atoms with Crippen molar-refractivity contribution in [2.75, 3.05) is 13.7 Å². The largest absolute Gasteiger partial charge is 0.383 e. The highest BCUT2D eigenvalue weighted by molar-refractivity contribution is 6.17. The van der Waals surface area contributed by atoms with Crippen LogP contribution in [0.1, 0.15) is 30.8 Å². The first-order chi connectivity index (χ1) is 7.28. The predicted molar refractivity (Wildman–Crippen MR) is 62.4 cm³/mol. The molecule has 0 aliphatic rings. The first kappa shape index (κ1) is 12.5. The molecule has 0 atom stereocenters. The zero-order valence-corrected chi connectivity index (χ0v) is 10.5. The fraction of sp³-hybridized carbons (Fsp3) is 0.727. The van der Waals surface area contributed by atoms with Crippen LogP contribution in [-0.2, 0) is 30.0 Å². The third-order valence-corrected chi connectivity index (χ3v) is 2.83. The van der Waals surface area contributed by atoms with Gasteiger partial charge in [0, 0.05) is 18.4 Å². The maximum atomic E-state index is 5.96. The van der Waals surface area contributed by atoms with Gasteiger partial charge in [-0.1, -0.05) is 13.8 Å². The molecule has 0 aliphatic heterocycles. The lowest BCUT2D eigenvalue weighted by atomic mass is 10.1. The standard InChI is InChI=1S/C11H19ClN2O/c1-4-10-9(8-12)11(5-2)14(13-10)6-7-15-3/h4-8H2,1-3H3. The molecule has 0 aromatic carbocycles. The van der Waals surface area contributed by atoms with Crippen LogP contribution < -0.4 is 0 Å². The number of methoxy groups -OCH3 is 1. The molecule has 15 heavy (non-hydrogen) atoms. The van der Waals surface area contributed by atoms with Crippen LogP contribution in [0.15, 0.2) is 0 Å². The minimum Gasteiger partial charge on any atom is -0.383 e. The van der Waals surface area contributed by atoms with Gasteiger partial charge in [0.2, 0.25) is 0 Å². The summed E-state index contributed by atoms with van der Waals surface area (Å²) in [5, 5.41) is 4.56. The van der Waals surface area contributed by atoms with Gasteiger partial charge in [-0.15, -0.1) is 11.6 Å². The summed E-state index contributed by atoms with van der Waals surface area (Å²) in [4.78, 5) is 0. The summed E-state index contributed by atoms with van der Waals surface area (Å²) in [6, 6.07) is 0. The smallest absolute Gasteiger partial charge is 0.0668 e. The van der Waals surface area contributed by atoms with Gasteiger partial charge < -0.3 is 4.74 Å². The van der Waals surface area contributed by atoms with Gasteiger partial charge in [-0.25, -0.2) is 0 Å². The van der Waals surface area contributed by atoms with Crippen LogP contribution in [0.25, 0.3) is 0 Å². The van der Waals surface area contributed by atoms with Crippen LogP contribution >= 0.6 is 11.6 Å². The van der Waals surface area contributed by atoms with Gasteiger partial charge in [0.1, 0.15) is 0 Å². The van der Waals surface area contributed by atoms with Crippen LogP contribution in [0.2, 0.25) is 0 Å². The fourth-order valence-electron chi connectivity index (χ4n) is 1.79. The second-order valence-corrected chi connectivity index (χ2v) is 3.70. The molecule has 1 aromatic heterocycles. The molecular weight excluding hydrogens is 212 g/mol. The van der Waals surface area contributed by atoms with E-state index in [-0.39, 0.29) is 0 Å². The van der Waals surface area contributed by atoms with E-state index in [4.69, 9.17) is 16.3 Å². The van der Waals surface area contributed by atoms with Crippen LogP contribution in [0.4, 0.5) is 0 Å². The van der Waals surface area contributed by atoms with Crippen molar-refractivity contribution in [2.24, 2.45) is 0 Å². The zero-order chi connectivity index (χ0) is 11.3. The Morgan fingerprint density at radius 3 is 2.53 bits per heavy atom. The molecule has 0 radical (unpaired) electrons. The van der Waals surface area contributed by atoms with E-state index in [0.717, 1.165) is 25.1 Å². The van der Waals surface area contributed by atoms with Gasteiger partial charge in [-0.2, -0.15) is 5.10 Å². The molecule has 0 unspecified atom stereocenters. The van der Waals surface area contributed by atoms with Gasteiger partial charge in [-0.3, -0.25) is 4.68 Å². The van der Waals surface area contributed by atoms with Crippen molar-refractivity contribution in [2.45, 2.75) is 39.1 Å². The third kappa shape index (κ3) is 2.73. The third-order valence-electron chi connectivity index (χ3n) is 2.56. The predicted octanol–water partition coefficient (Wildman–Crippen LogP) is 2.39. The van der Waals surface area contributed by atoms with Crippen molar-refractivity contribution in [3.63, 3.8) is 0 Å². The van der Waals surface area contributed by atoms with Crippen molar-refractivity contribution in [3.05, 3.63) is 17.0 Å². The Kier molecular flexibility index (Phi) is 5.12. The molecule has 0 bridgehead atoms. The minimum absolute atomic E-state index is 0.555. The monoisotopic (exact) mass is 230 g/mol. The highest BCUT2D eigenvalue weighted by atomic mass is 35.5. The van der Waals surface area contributed by atoms with E-state index in [9.17, 15) is 0 Å². The Labute approximate surface area is 96.4 Å². The lowest BCUT2D eigenvalue weighted by Gasteiger charge is -2.05. The summed E-state index contributed by atoms with van der Waals surface area (Å²) < 4.78 is 7.10. The SMILES string of the molecule is CCc1nn(CCOC)c(CC)c1CCl. The average Bonchev–Trinajstić information content (AvgIpc) is 2.62. The van der Waals surface area contributed by atoms with Gasteiger partial charge in [-0.05, 0) is 12.8 Å². The number of alkyl halides is 1. The highest BCUT2D eigenvalue weighted by Crippen LogP contribution is 2.18. The molecule has 0 spiro atoms. The van der Waals surface area contributed by atoms with Crippen LogP contribution in [-0.4, -0.2) is 23.5 Å². The molecular formula is C11H19ClN2O. The van der Waals surface area contributed by atoms with E-state index in [0.29, 0.717) is 12.5 Å². The second kappa shape index (κ2) is 6.13. The van der Waals surface area contributed by atoms with Gasteiger partial charge in [0.15, 0.2) is 0 Å². The molecule has 0 amide bonds. The molecule has 1 aromatic rings. The molecule has 1 heterocycles. The van der Waals surface area contributed by atoms with Crippen LogP contribution in [0.5, 0.6) is 0 Å². The Hall–Kier alpha value is -0.540. The Morgan fingerprint density at radius 2 is 2.07 bits per heavy atom. The summed E-state index contributed by atoms with van der Waals surface area (Å²) in [6.45, 7) is 5.75. The lowest BCUT2D eigenvalue weighted by molar-refractivity contribution is 0.182. The van der Waals surface area contributed by atoms with E-state index < -0.39 is 0 Å². The van der Waals surface area contributed by atoms with E-state index in [1.807, 2.05) is 4.68 Å². The maximum absolute atomic E-state index is 5.96. The van der Waals surface area contributed by atoms with Crippen LogP contribution in [0, 0.1) is 0 Å². The minimum atomic E-state index is 0.555. The maximum Gasteiger partial charge on any atom is 0.0668 e. The quantitative estimate of drug-likeness (QED) is 0.702.